The molecule has 1 saturated heterocycles. The van der Waals surface area contributed by atoms with E-state index in [1.54, 1.807) is 12.0 Å². The van der Waals surface area contributed by atoms with Crippen LogP contribution in [0.4, 0.5) is 14.5 Å². The fourth-order valence-electron chi connectivity index (χ4n) is 6.55. The normalized spacial score (nSPS) is 23.7. The van der Waals surface area contributed by atoms with Crippen molar-refractivity contribution >= 4 is 22.6 Å². The van der Waals surface area contributed by atoms with E-state index in [4.69, 9.17) is 14.2 Å². The molecule has 9 heteroatoms. The van der Waals surface area contributed by atoms with E-state index in [2.05, 4.69) is 21.9 Å². The van der Waals surface area contributed by atoms with Crippen molar-refractivity contribution in [1.82, 2.24) is 14.7 Å². The van der Waals surface area contributed by atoms with Gasteiger partial charge >= 0.3 is 0 Å². The SMILES string of the molecule is CO[C@H]1CC[C@H](n2c([C@]3(C)CCC(=O)N3c3ccc(F)c(F)c3)nc3cc(-c4c(C)noc4C)ccc32)CC1. The number of anilines is 1. The lowest BCUT2D eigenvalue weighted by molar-refractivity contribution is -0.117. The highest BCUT2D eigenvalue weighted by Gasteiger charge is 2.48. The molecule has 0 spiro atoms. The van der Waals surface area contributed by atoms with Gasteiger partial charge in [0.15, 0.2) is 11.6 Å². The molecule has 7 nitrogen and oxygen atoms in total. The molecule has 1 aliphatic carbocycles. The molecule has 1 aliphatic heterocycles. The van der Waals surface area contributed by atoms with Crippen molar-refractivity contribution in [3.63, 3.8) is 0 Å². The van der Waals surface area contributed by atoms with Crippen LogP contribution in [-0.4, -0.2) is 33.8 Å². The van der Waals surface area contributed by atoms with Crippen LogP contribution in [0.3, 0.4) is 0 Å². The second-order valence-corrected chi connectivity index (χ2v) is 11.0. The Morgan fingerprint density at radius 2 is 1.82 bits per heavy atom. The molecule has 0 bridgehead atoms. The molecule has 1 atom stereocenters. The molecule has 39 heavy (non-hydrogen) atoms. The summed E-state index contributed by atoms with van der Waals surface area (Å²) in [5.41, 5.74) is 3.98. The molecular formula is C30H32F2N4O3. The molecule has 4 aromatic rings. The van der Waals surface area contributed by atoms with Crippen molar-refractivity contribution in [2.75, 3.05) is 12.0 Å². The number of aromatic nitrogens is 3. The minimum atomic E-state index is -0.981. The molecule has 2 aromatic heterocycles. The lowest BCUT2D eigenvalue weighted by Crippen LogP contribution is -2.44. The number of fused-ring (bicyclic) bond motifs is 1. The smallest absolute Gasteiger partial charge is 0.227 e. The Morgan fingerprint density at radius 1 is 1.05 bits per heavy atom. The molecule has 2 aliphatic rings. The Balaban J connectivity index is 1.53. The van der Waals surface area contributed by atoms with E-state index in [1.165, 1.54) is 6.07 Å². The Morgan fingerprint density at radius 3 is 2.49 bits per heavy atom. The second kappa shape index (κ2) is 9.55. The molecule has 204 valence electrons. The van der Waals surface area contributed by atoms with Crippen LogP contribution in [0.25, 0.3) is 22.2 Å². The van der Waals surface area contributed by atoms with Gasteiger partial charge in [-0.15, -0.1) is 0 Å². The van der Waals surface area contributed by atoms with Crippen molar-refractivity contribution in [2.24, 2.45) is 0 Å². The first-order chi connectivity index (χ1) is 18.7. The number of ether oxygens (including phenoxy) is 1. The van der Waals surface area contributed by atoms with E-state index in [-0.39, 0.29) is 18.1 Å². The summed E-state index contributed by atoms with van der Waals surface area (Å²) in [6, 6.07) is 9.99. The number of imidazole rings is 1. The monoisotopic (exact) mass is 534 g/mol. The number of methoxy groups -OCH3 is 1. The first-order valence-electron chi connectivity index (χ1n) is 13.5. The van der Waals surface area contributed by atoms with Crippen LogP contribution in [0.15, 0.2) is 40.9 Å². The van der Waals surface area contributed by atoms with E-state index in [0.717, 1.165) is 77.3 Å². The van der Waals surface area contributed by atoms with Gasteiger partial charge < -0.3 is 13.8 Å². The molecule has 0 radical (unpaired) electrons. The summed E-state index contributed by atoms with van der Waals surface area (Å²) in [5, 5.41) is 4.11. The average molecular weight is 535 g/mol. The first-order valence-corrected chi connectivity index (χ1v) is 13.5. The summed E-state index contributed by atoms with van der Waals surface area (Å²) in [7, 11) is 1.75. The summed E-state index contributed by atoms with van der Waals surface area (Å²) in [6.07, 6.45) is 4.72. The number of rotatable bonds is 5. The number of hydrogen-bond donors (Lipinski definition) is 0. The van der Waals surface area contributed by atoms with E-state index in [9.17, 15) is 13.6 Å². The topological polar surface area (TPSA) is 73.4 Å². The molecular weight excluding hydrogens is 502 g/mol. The highest BCUT2D eigenvalue weighted by atomic mass is 19.2. The van der Waals surface area contributed by atoms with Gasteiger partial charge in [-0.05, 0) is 82.7 Å². The number of benzene rings is 2. The van der Waals surface area contributed by atoms with Crippen LogP contribution >= 0.6 is 0 Å². The molecule has 0 N–H and O–H groups in total. The van der Waals surface area contributed by atoms with Crippen molar-refractivity contribution in [3.8, 4) is 11.1 Å². The van der Waals surface area contributed by atoms with Crippen molar-refractivity contribution in [3.05, 3.63) is 65.3 Å². The molecule has 2 aromatic carbocycles. The van der Waals surface area contributed by atoms with Crippen LogP contribution in [0, 0.1) is 25.5 Å². The number of nitrogens with zero attached hydrogens (tertiary/aromatic N) is 4. The lowest BCUT2D eigenvalue weighted by atomic mass is 9.90. The summed E-state index contributed by atoms with van der Waals surface area (Å²) >= 11 is 0. The number of carbonyl (C=O) groups excluding carboxylic acids is 1. The Labute approximate surface area is 225 Å². The standard InChI is InChI=1S/C30H32F2N4O3/c1-17-28(18(2)39-34-17)19-5-12-26-25(15-19)33-29(35(26)20-6-9-22(38-4)10-7-20)30(3)14-13-27(37)36(30)21-8-11-23(31)24(32)16-21/h5,8,11-12,15-16,20,22H,6-7,9-10,13-14H2,1-4H3/t20-,22-,30-/m0/s1. The third-order valence-electron chi connectivity index (χ3n) is 8.57. The summed E-state index contributed by atoms with van der Waals surface area (Å²) in [4.78, 5) is 20.0. The highest BCUT2D eigenvalue weighted by molar-refractivity contribution is 5.97. The van der Waals surface area contributed by atoms with Gasteiger partial charge in [-0.1, -0.05) is 11.2 Å². The van der Waals surface area contributed by atoms with Gasteiger partial charge in [0, 0.05) is 36.9 Å². The van der Waals surface area contributed by atoms with Crippen LogP contribution in [0.1, 0.15) is 68.8 Å². The van der Waals surface area contributed by atoms with E-state index in [0.29, 0.717) is 18.5 Å². The van der Waals surface area contributed by atoms with Crippen molar-refractivity contribution in [2.45, 2.75) is 77.0 Å². The maximum Gasteiger partial charge on any atom is 0.227 e. The number of aryl methyl sites for hydroxylation is 2. The first kappa shape index (κ1) is 25.7. The average Bonchev–Trinajstić information content (AvgIpc) is 3.58. The highest BCUT2D eigenvalue weighted by Crippen LogP contribution is 2.46. The molecule has 6 rings (SSSR count). The van der Waals surface area contributed by atoms with Gasteiger partial charge in [0.25, 0.3) is 0 Å². The van der Waals surface area contributed by atoms with Crippen LogP contribution in [-0.2, 0) is 15.1 Å². The largest absolute Gasteiger partial charge is 0.381 e. The summed E-state index contributed by atoms with van der Waals surface area (Å²) in [6.45, 7) is 5.79. The maximum absolute atomic E-state index is 14.3. The molecule has 3 heterocycles. The molecule has 0 unspecified atom stereocenters. The van der Waals surface area contributed by atoms with Gasteiger partial charge in [-0.3, -0.25) is 9.69 Å². The van der Waals surface area contributed by atoms with Crippen LogP contribution < -0.4 is 4.90 Å². The second-order valence-electron chi connectivity index (χ2n) is 11.0. The van der Waals surface area contributed by atoms with Crippen LogP contribution in [0.5, 0.6) is 0 Å². The third kappa shape index (κ3) is 4.14. The molecule has 1 saturated carbocycles. The van der Waals surface area contributed by atoms with Crippen molar-refractivity contribution in [1.29, 1.82) is 0 Å². The summed E-state index contributed by atoms with van der Waals surface area (Å²) in [5.74, 6) is -0.570. The Hall–Kier alpha value is -3.59. The van der Waals surface area contributed by atoms with E-state index >= 15 is 0 Å². The Kier molecular flexibility index (Phi) is 6.29. The zero-order chi connectivity index (χ0) is 27.5. The zero-order valence-electron chi connectivity index (χ0n) is 22.6. The number of hydrogen-bond acceptors (Lipinski definition) is 5. The fraction of sp³-hybridized carbons (Fsp3) is 0.433. The predicted octanol–water partition coefficient (Wildman–Crippen LogP) is 6.76. The quantitative estimate of drug-likeness (QED) is 0.283. The molecule has 2 fully saturated rings. The zero-order valence-corrected chi connectivity index (χ0v) is 22.6. The van der Waals surface area contributed by atoms with Gasteiger partial charge in [0.05, 0.1) is 22.8 Å². The number of carbonyl (C=O) groups is 1. The Bertz CT molecular complexity index is 1550. The predicted molar refractivity (Wildman–Crippen MR) is 143 cm³/mol. The van der Waals surface area contributed by atoms with Gasteiger partial charge in [-0.2, -0.15) is 0 Å². The number of halogens is 2. The molecule has 1 amide bonds. The van der Waals surface area contributed by atoms with Gasteiger partial charge in [0.2, 0.25) is 5.91 Å². The van der Waals surface area contributed by atoms with Gasteiger partial charge in [-0.25, -0.2) is 13.8 Å². The minimum Gasteiger partial charge on any atom is -0.381 e. The van der Waals surface area contributed by atoms with E-state index < -0.39 is 17.2 Å². The fourth-order valence-corrected chi connectivity index (χ4v) is 6.55. The maximum atomic E-state index is 14.3. The third-order valence-corrected chi connectivity index (χ3v) is 8.57. The van der Waals surface area contributed by atoms with Crippen molar-refractivity contribution < 1.29 is 22.8 Å². The minimum absolute atomic E-state index is 0.137. The van der Waals surface area contributed by atoms with Crippen LogP contribution in [0.2, 0.25) is 0 Å². The van der Waals surface area contributed by atoms with Gasteiger partial charge in [0.1, 0.15) is 17.1 Å². The number of amides is 1. The van der Waals surface area contributed by atoms with E-state index in [1.807, 2.05) is 26.8 Å². The summed E-state index contributed by atoms with van der Waals surface area (Å²) < 4.78 is 41.4. The lowest BCUT2D eigenvalue weighted by Gasteiger charge is -2.38.